The Bertz CT molecular complexity index is 1280. The van der Waals surface area contributed by atoms with E-state index < -0.39 is 42.4 Å². The molecule has 0 bridgehead atoms. The average molecular weight is 568 g/mol. The van der Waals surface area contributed by atoms with Crippen LogP contribution in [0.15, 0.2) is 54.1 Å². The SMILES string of the molecule is CCOC(=O)CN(C(=O)/C(C)=C/c1ccc(C(=O)Oc2ccc(C(=N)N)cc2)cc1)C(C(=O)OCC)C(=O)OCC. The summed E-state index contributed by atoms with van der Waals surface area (Å²) < 4.78 is 20.2. The number of nitrogens with zero attached hydrogens (tertiary/aromatic N) is 1. The Morgan fingerprint density at radius 1 is 0.829 bits per heavy atom. The predicted molar refractivity (Wildman–Crippen MR) is 148 cm³/mol. The molecule has 0 aromatic heterocycles. The lowest BCUT2D eigenvalue weighted by Gasteiger charge is -2.28. The zero-order chi connectivity index (χ0) is 30.5. The fourth-order valence-corrected chi connectivity index (χ4v) is 3.54. The van der Waals surface area contributed by atoms with Crippen molar-refractivity contribution in [2.24, 2.45) is 5.73 Å². The summed E-state index contributed by atoms with van der Waals surface area (Å²) in [6, 6.07) is 10.4. The van der Waals surface area contributed by atoms with Crippen LogP contribution in [0.5, 0.6) is 5.75 Å². The van der Waals surface area contributed by atoms with Crippen molar-refractivity contribution in [1.29, 1.82) is 5.41 Å². The highest BCUT2D eigenvalue weighted by Gasteiger charge is 2.40. The molecule has 41 heavy (non-hydrogen) atoms. The molecule has 0 saturated carbocycles. The van der Waals surface area contributed by atoms with Crippen LogP contribution >= 0.6 is 0 Å². The van der Waals surface area contributed by atoms with Crippen molar-refractivity contribution in [2.45, 2.75) is 33.7 Å². The molecule has 1 amide bonds. The molecule has 0 aliphatic carbocycles. The van der Waals surface area contributed by atoms with Gasteiger partial charge in [0.2, 0.25) is 6.04 Å². The third-order valence-corrected chi connectivity index (χ3v) is 5.44. The van der Waals surface area contributed by atoms with Crippen molar-refractivity contribution in [3.8, 4) is 5.75 Å². The zero-order valence-corrected chi connectivity index (χ0v) is 23.3. The molecule has 3 N–H and O–H groups in total. The van der Waals surface area contributed by atoms with Gasteiger partial charge in [0.1, 0.15) is 18.1 Å². The van der Waals surface area contributed by atoms with Crippen LogP contribution in [0.1, 0.15) is 49.2 Å². The van der Waals surface area contributed by atoms with E-state index in [1.807, 2.05) is 0 Å². The number of benzene rings is 2. The Kier molecular flexibility index (Phi) is 12.2. The van der Waals surface area contributed by atoms with Gasteiger partial charge in [-0.2, -0.15) is 0 Å². The molecule has 0 fully saturated rings. The van der Waals surface area contributed by atoms with E-state index in [9.17, 15) is 24.0 Å². The summed E-state index contributed by atoms with van der Waals surface area (Å²) in [5.74, 6) is -4.19. The van der Waals surface area contributed by atoms with Crippen LogP contribution in [0.2, 0.25) is 0 Å². The molecular formula is C29H33N3O9. The quantitative estimate of drug-likeness (QED) is 0.0695. The summed E-state index contributed by atoms with van der Waals surface area (Å²) >= 11 is 0. The molecule has 0 saturated heterocycles. The highest BCUT2D eigenvalue weighted by molar-refractivity contribution is 6.07. The summed E-state index contributed by atoms with van der Waals surface area (Å²) in [6.45, 7) is 5.29. The molecule has 2 rings (SSSR count). The van der Waals surface area contributed by atoms with Gasteiger partial charge in [-0.15, -0.1) is 0 Å². The molecule has 0 heterocycles. The van der Waals surface area contributed by atoms with Gasteiger partial charge in [-0.25, -0.2) is 14.4 Å². The first-order chi connectivity index (χ1) is 19.5. The number of ether oxygens (including phenoxy) is 4. The molecule has 0 aliphatic rings. The van der Waals surface area contributed by atoms with E-state index in [4.69, 9.17) is 30.1 Å². The molecular weight excluding hydrogens is 534 g/mol. The molecule has 0 unspecified atom stereocenters. The van der Waals surface area contributed by atoms with Crippen LogP contribution < -0.4 is 10.5 Å². The number of amidine groups is 1. The first kappa shape index (κ1) is 32.2. The van der Waals surface area contributed by atoms with Gasteiger partial charge in [-0.05, 0) is 75.7 Å². The number of carbonyl (C=O) groups is 5. The van der Waals surface area contributed by atoms with E-state index in [1.54, 1.807) is 31.2 Å². The number of amides is 1. The van der Waals surface area contributed by atoms with Gasteiger partial charge in [-0.3, -0.25) is 15.0 Å². The van der Waals surface area contributed by atoms with Gasteiger partial charge in [-0.1, -0.05) is 12.1 Å². The highest BCUT2D eigenvalue weighted by Crippen LogP contribution is 2.17. The lowest BCUT2D eigenvalue weighted by molar-refractivity contribution is -0.168. The highest BCUT2D eigenvalue weighted by atomic mass is 16.6. The zero-order valence-electron chi connectivity index (χ0n) is 23.3. The number of hydrogen-bond acceptors (Lipinski definition) is 10. The van der Waals surface area contributed by atoms with E-state index in [0.29, 0.717) is 11.1 Å². The van der Waals surface area contributed by atoms with Crippen molar-refractivity contribution in [2.75, 3.05) is 26.4 Å². The molecule has 12 heteroatoms. The molecule has 2 aromatic rings. The normalized spacial score (nSPS) is 10.9. The third-order valence-electron chi connectivity index (χ3n) is 5.44. The second-order valence-corrected chi connectivity index (χ2v) is 8.42. The summed E-state index contributed by atoms with van der Waals surface area (Å²) in [7, 11) is 0. The van der Waals surface area contributed by atoms with Gasteiger partial charge >= 0.3 is 23.9 Å². The minimum absolute atomic E-state index is 0.0255. The Labute approximate surface area is 237 Å². The maximum atomic E-state index is 13.4. The first-order valence-corrected chi connectivity index (χ1v) is 12.8. The predicted octanol–water partition coefficient (Wildman–Crippen LogP) is 2.48. The molecule has 0 spiro atoms. The van der Waals surface area contributed by atoms with Crippen LogP contribution in [0, 0.1) is 5.41 Å². The van der Waals surface area contributed by atoms with Crippen molar-refractivity contribution < 1.29 is 42.9 Å². The number of nitrogens with one attached hydrogen (secondary N) is 1. The summed E-state index contributed by atoms with van der Waals surface area (Å²) in [5.41, 5.74) is 6.73. The number of esters is 4. The van der Waals surface area contributed by atoms with Crippen LogP contribution in [0.3, 0.4) is 0 Å². The molecule has 0 radical (unpaired) electrons. The van der Waals surface area contributed by atoms with Crippen LogP contribution in [0.4, 0.5) is 0 Å². The first-order valence-electron chi connectivity index (χ1n) is 12.8. The molecule has 0 atom stereocenters. The molecule has 218 valence electrons. The summed E-state index contributed by atoms with van der Waals surface area (Å²) in [5, 5.41) is 7.42. The van der Waals surface area contributed by atoms with Crippen LogP contribution in [-0.2, 0) is 33.4 Å². The van der Waals surface area contributed by atoms with Crippen LogP contribution in [0.25, 0.3) is 6.08 Å². The number of hydrogen-bond donors (Lipinski definition) is 2. The largest absolute Gasteiger partial charge is 0.465 e. The Balaban J connectivity index is 2.28. The maximum Gasteiger partial charge on any atom is 0.343 e. The summed E-state index contributed by atoms with van der Waals surface area (Å²) in [6.07, 6.45) is 1.46. The van der Waals surface area contributed by atoms with Crippen molar-refractivity contribution in [3.63, 3.8) is 0 Å². The monoisotopic (exact) mass is 567 g/mol. The van der Waals surface area contributed by atoms with Crippen molar-refractivity contribution in [1.82, 2.24) is 4.90 Å². The molecule has 12 nitrogen and oxygen atoms in total. The van der Waals surface area contributed by atoms with Crippen molar-refractivity contribution >= 4 is 41.7 Å². The lowest BCUT2D eigenvalue weighted by Crippen LogP contribution is -2.53. The maximum absolute atomic E-state index is 13.4. The Hall–Kier alpha value is -5.00. The standard InChI is InChI=1S/C29H33N3O9/c1-5-38-23(33)17-32(24(28(36)39-6-2)29(37)40-7-3)26(34)18(4)16-19-8-10-21(11-9-19)27(35)41-22-14-12-20(13-15-22)25(30)31/h8-16,24H,5-7,17H2,1-4H3,(H3,30,31)/b18-16+. The summed E-state index contributed by atoms with van der Waals surface area (Å²) in [4.78, 5) is 64.3. The minimum atomic E-state index is -1.82. The third kappa shape index (κ3) is 9.31. The Morgan fingerprint density at radius 2 is 1.34 bits per heavy atom. The fourth-order valence-electron chi connectivity index (χ4n) is 3.54. The number of nitrogens with two attached hydrogens (primary N) is 1. The smallest absolute Gasteiger partial charge is 0.343 e. The molecule has 0 aliphatic heterocycles. The van der Waals surface area contributed by atoms with Gasteiger partial charge in [0.25, 0.3) is 5.91 Å². The van der Waals surface area contributed by atoms with E-state index in [0.717, 1.165) is 4.90 Å². The Morgan fingerprint density at radius 3 is 1.83 bits per heavy atom. The van der Waals surface area contributed by atoms with Gasteiger partial charge in [0, 0.05) is 11.1 Å². The van der Waals surface area contributed by atoms with Gasteiger partial charge < -0.3 is 29.6 Å². The van der Waals surface area contributed by atoms with E-state index in [2.05, 4.69) is 0 Å². The molecule has 2 aromatic carbocycles. The number of nitrogen functional groups attached to an aromatic ring is 1. The van der Waals surface area contributed by atoms with E-state index in [1.165, 1.54) is 51.1 Å². The second-order valence-electron chi connectivity index (χ2n) is 8.42. The van der Waals surface area contributed by atoms with Crippen LogP contribution in [-0.4, -0.2) is 72.9 Å². The fraction of sp³-hybridized carbons (Fsp3) is 0.310. The van der Waals surface area contributed by atoms with Crippen molar-refractivity contribution in [3.05, 3.63) is 70.8 Å². The van der Waals surface area contributed by atoms with Gasteiger partial charge in [0.15, 0.2) is 0 Å². The van der Waals surface area contributed by atoms with E-state index in [-0.39, 0.29) is 42.5 Å². The second kappa shape index (κ2) is 15.6. The van der Waals surface area contributed by atoms with Gasteiger partial charge in [0.05, 0.1) is 25.4 Å². The average Bonchev–Trinajstić information content (AvgIpc) is 2.93. The van der Waals surface area contributed by atoms with E-state index >= 15 is 0 Å². The topological polar surface area (TPSA) is 175 Å². The lowest BCUT2D eigenvalue weighted by atomic mass is 10.1. The number of rotatable bonds is 13. The minimum Gasteiger partial charge on any atom is -0.465 e. The number of carbonyl (C=O) groups excluding carboxylic acids is 5.